The minimum Gasteiger partial charge on any atom is -0.520 e. The summed E-state index contributed by atoms with van der Waals surface area (Å²) in [7, 11) is 0. The van der Waals surface area contributed by atoms with Crippen molar-refractivity contribution >= 4 is 28.2 Å². The van der Waals surface area contributed by atoms with Gasteiger partial charge in [-0.15, -0.1) is 0 Å². The maximum absolute atomic E-state index is 12.7. The summed E-state index contributed by atoms with van der Waals surface area (Å²) in [6, 6.07) is 13.7. The summed E-state index contributed by atoms with van der Waals surface area (Å²) in [5.41, 5.74) is 2.81. The van der Waals surface area contributed by atoms with Gasteiger partial charge in [-0.1, -0.05) is 41.9 Å². The van der Waals surface area contributed by atoms with Crippen LogP contribution in [0.2, 0.25) is 0 Å². The molecular formula is C24H29BrN3O3V-. The summed E-state index contributed by atoms with van der Waals surface area (Å²) in [5, 5.41) is 0. The van der Waals surface area contributed by atoms with Crippen molar-refractivity contribution in [2.45, 2.75) is 27.0 Å². The number of piperazine rings is 1. The van der Waals surface area contributed by atoms with Gasteiger partial charge in [-0.3, -0.25) is 9.69 Å². The molecule has 3 rings (SSSR count). The minimum atomic E-state index is -0.00700. The molecule has 8 heteroatoms. The standard InChI is InChI=1S/C24H29BrN3O3.V/c1-3-26(4-2)16-21-15-22(25)9-10-23(21)31-17-19-5-7-20(8-6-19)24(30)28-13-11-27(18-29)12-14-28;/h5-10,15H,3-4,11-14,16-17H2,1-2H3;/q-1;. The maximum atomic E-state index is 12.7. The zero-order valence-corrected chi connectivity index (χ0v) is 21.6. The van der Waals surface area contributed by atoms with Gasteiger partial charge in [0, 0.05) is 66.9 Å². The van der Waals surface area contributed by atoms with Crippen LogP contribution in [-0.2, 0) is 36.5 Å². The first kappa shape index (κ1) is 26.5. The Kier molecular flexibility index (Phi) is 10.8. The zero-order chi connectivity index (χ0) is 22.2. The van der Waals surface area contributed by atoms with Gasteiger partial charge in [-0.25, -0.2) is 0 Å². The number of amides is 2. The van der Waals surface area contributed by atoms with E-state index in [0.29, 0.717) is 38.3 Å². The molecule has 0 bridgehead atoms. The first-order chi connectivity index (χ1) is 15.0. The molecule has 1 saturated heterocycles. The summed E-state index contributed by atoms with van der Waals surface area (Å²) >= 11 is 3.56. The largest absolute Gasteiger partial charge is 0.520 e. The molecule has 2 aromatic rings. The fourth-order valence-electron chi connectivity index (χ4n) is 3.59. The molecule has 0 aliphatic carbocycles. The Bertz CT molecular complexity index is 883. The molecule has 0 aromatic heterocycles. The second-order valence-electron chi connectivity index (χ2n) is 7.57. The van der Waals surface area contributed by atoms with Crippen LogP contribution in [-0.4, -0.2) is 66.3 Å². The zero-order valence-electron chi connectivity index (χ0n) is 18.6. The average Bonchev–Trinajstić information content (AvgIpc) is 2.82. The maximum Gasteiger partial charge on any atom is 0.253 e. The number of hydrogen-bond donors (Lipinski definition) is 0. The van der Waals surface area contributed by atoms with E-state index in [4.69, 9.17) is 4.74 Å². The number of hydrogen-bond acceptors (Lipinski definition) is 4. The number of carbonyl (C=O) groups is 1. The Hall–Kier alpha value is -1.80. The van der Waals surface area contributed by atoms with Crippen LogP contribution >= 0.6 is 15.9 Å². The number of carbonyl (C=O) groups excluding carboxylic acids is 2. The molecular weight excluding hydrogens is 509 g/mol. The first-order valence-corrected chi connectivity index (χ1v) is 11.5. The molecule has 171 valence electrons. The van der Waals surface area contributed by atoms with E-state index >= 15 is 0 Å². The molecule has 1 fully saturated rings. The minimum absolute atomic E-state index is 0. The summed E-state index contributed by atoms with van der Waals surface area (Å²) in [4.78, 5) is 29.1. The molecule has 0 unspecified atom stereocenters. The van der Waals surface area contributed by atoms with Crippen LogP contribution < -0.4 is 4.74 Å². The number of nitrogens with zero attached hydrogens (tertiary/aromatic N) is 3. The van der Waals surface area contributed by atoms with Crippen molar-refractivity contribution in [1.82, 2.24) is 14.7 Å². The molecule has 1 aliphatic rings. The van der Waals surface area contributed by atoms with Crippen molar-refractivity contribution in [3.05, 3.63) is 63.6 Å². The molecule has 0 spiro atoms. The summed E-state index contributed by atoms with van der Waals surface area (Å²) in [6.07, 6.45) is 1.89. The van der Waals surface area contributed by atoms with E-state index in [-0.39, 0.29) is 24.5 Å². The van der Waals surface area contributed by atoms with Crippen LogP contribution in [0.15, 0.2) is 46.9 Å². The molecule has 0 N–H and O–H groups in total. The van der Waals surface area contributed by atoms with Gasteiger partial charge < -0.3 is 19.3 Å². The average molecular weight is 538 g/mol. The van der Waals surface area contributed by atoms with Gasteiger partial charge in [-0.05, 0) is 49.0 Å². The van der Waals surface area contributed by atoms with E-state index in [1.54, 1.807) is 9.80 Å². The van der Waals surface area contributed by atoms with Gasteiger partial charge >= 0.3 is 0 Å². The monoisotopic (exact) mass is 537 g/mol. The molecule has 2 amide bonds. The quantitative estimate of drug-likeness (QED) is 0.458. The topological polar surface area (TPSA) is 53.1 Å². The van der Waals surface area contributed by atoms with Crippen LogP contribution in [0.5, 0.6) is 5.75 Å². The molecule has 32 heavy (non-hydrogen) atoms. The Balaban J connectivity index is 0.00000363. The summed E-state index contributed by atoms with van der Waals surface area (Å²) in [6.45, 7) is 9.71. The summed E-state index contributed by atoms with van der Waals surface area (Å²) < 4.78 is 7.16. The van der Waals surface area contributed by atoms with E-state index in [2.05, 4.69) is 40.7 Å². The van der Waals surface area contributed by atoms with Gasteiger partial charge in [0.15, 0.2) is 0 Å². The Morgan fingerprint density at radius 2 is 1.72 bits per heavy atom. The van der Waals surface area contributed by atoms with Crippen molar-refractivity contribution < 1.29 is 32.9 Å². The van der Waals surface area contributed by atoms with Crippen LogP contribution in [0, 0.1) is 0 Å². The fraction of sp³-hybridized carbons (Fsp3) is 0.417. The van der Waals surface area contributed by atoms with E-state index < -0.39 is 0 Å². The normalized spacial score (nSPS) is 13.6. The fourth-order valence-corrected chi connectivity index (χ4v) is 4.00. The van der Waals surface area contributed by atoms with Gasteiger partial charge in [-0.2, -0.15) is 6.41 Å². The molecule has 6 nitrogen and oxygen atoms in total. The molecule has 0 atom stereocenters. The molecule has 1 aliphatic heterocycles. The van der Waals surface area contributed by atoms with Crippen molar-refractivity contribution in [3.63, 3.8) is 0 Å². The Morgan fingerprint density at radius 3 is 2.31 bits per heavy atom. The molecule has 1 radical (unpaired) electrons. The van der Waals surface area contributed by atoms with Gasteiger partial charge in [0.25, 0.3) is 5.91 Å². The smallest absolute Gasteiger partial charge is 0.253 e. The summed E-state index contributed by atoms with van der Waals surface area (Å²) in [5.74, 6) is 0.868. The van der Waals surface area contributed by atoms with E-state index in [9.17, 15) is 9.59 Å². The third-order valence-electron chi connectivity index (χ3n) is 5.60. The third-order valence-corrected chi connectivity index (χ3v) is 6.10. The number of ether oxygens (including phenoxy) is 1. The van der Waals surface area contributed by atoms with Crippen molar-refractivity contribution in [2.75, 3.05) is 39.3 Å². The van der Waals surface area contributed by atoms with Crippen LogP contribution in [0.4, 0.5) is 0 Å². The second kappa shape index (κ2) is 13.0. The predicted octanol–water partition coefficient (Wildman–Crippen LogP) is 3.69. The van der Waals surface area contributed by atoms with Crippen molar-refractivity contribution in [3.8, 4) is 5.75 Å². The third kappa shape index (κ3) is 7.10. The Morgan fingerprint density at radius 1 is 1.06 bits per heavy atom. The molecule has 0 saturated carbocycles. The van der Waals surface area contributed by atoms with Gasteiger partial charge in [0.05, 0.1) is 0 Å². The van der Waals surface area contributed by atoms with Crippen LogP contribution in [0.25, 0.3) is 0 Å². The van der Waals surface area contributed by atoms with Crippen molar-refractivity contribution in [2.24, 2.45) is 0 Å². The molecule has 1 heterocycles. The second-order valence-corrected chi connectivity index (χ2v) is 8.49. The number of benzene rings is 2. The van der Waals surface area contributed by atoms with Crippen molar-refractivity contribution in [1.29, 1.82) is 0 Å². The predicted molar refractivity (Wildman–Crippen MR) is 125 cm³/mol. The number of halogens is 1. The molecule has 2 aromatic carbocycles. The van der Waals surface area contributed by atoms with Crippen LogP contribution in [0.1, 0.15) is 35.3 Å². The van der Waals surface area contributed by atoms with E-state index in [0.717, 1.165) is 41.0 Å². The Labute approximate surface area is 210 Å². The first-order valence-electron chi connectivity index (χ1n) is 10.7. The van der Waals surface area contributed by atoms with Crippen LogP contribution in [0.3, 0.4) is 0 Å². The number of rotatable bonds is 9. The van der Waals surface area contributed by atoms with Gasteiger partial charge in [0.1, 0.15) is 12.4 Å². The van der Waals surface area contributed by atoms with E-state index in [1.807, 2.05) is 42.8 Å². The van der Waals surface area contributed by atoms with Gasteiger partial charge in [0.2, 0.25) is 0 Å². The van der Waals surface area contributed by atoms with E-state index in [1.165, 1.54) is 0 Å². The SMILES string of the molecule is CCN(CC)Cc1cc(Br)ccc1OCc1ccc(C(=O)N2CCN([C-]=O)CC2)cc1.[V].